The van der Waals surface area contributed by atoms with E-state index in [2.05, 4.69) is 10.4 Å². The van der Waals surface area contributed by atoms with Gasteiger partial charge in [0.2, 0.25) is 0 Å². The molecule has 0 radical (unpaired) electrons. The van der Waals surface area contributed by atoms with Gasteiger partial charge in [-0.2, -0.15) is 5.10 Å². The molecule has 0 aromatic carbocycles. The summed E-state index contributed by atoms with van der Waals surface area (Å²) >= 11 is 5.63. The highest BCUT2D eigenvalue weighted by Gasteiger charge is 2.14. The van der Waals surface area contributed by atoms with Crippen LogP contribution in [0.3, 0.4) is 0 Å². The molecular formula is C13H16ClN3O. The number of alkyl halides is 1. The van der Waals surface area contributed by atoms with Gasteiger partial charge >= 0.3 is 0 Å². The number of rotatable bonds is 5. The Morgan fingerprint density at radius 2 is 2.39 bits per heavy atom. The lowest BCUT2D eigenvalue weighted by molar-refractivity contribution is 0.0940. The molecule has 0 spiro atoms. The summed E-state index contributed by atoms with van der Waals surface area (Å²) in [7, 11) is 0. The number of fused-ring (bicyclic) bond motifs is 1. The summed E-state index contributed by atoms with van der Waals surface area (Å²) < 4.78 is 1.69. The lowest BCUT2D eigenvalue weighted by Crippen LogP contribution is -2.32. The predicted octanol–water partition coefficient (Wildman–Crippen LogP) is 2.47. The van der Waals surface area contributed by atoms with E-state index in [1.54, 1.807) is 10.7 Å². The van der Waals surface area contributed by atoms with Crippen LogP contribution in [-0.4, -0.2) is 27.4 Å². The van der Waals surface area contributed by atoms with E-state index in [4.69, 9.17) is 11.6 Å². The molecule has 0 bridgehead atoms. The molecule has 1 atom stereocenters. The molecule has 2 heterocycles. The maximum Gasteiger partial charge on any atom is 0.255 e. The largest absolute Gasteiger partial charge is 0.349 e. The van der Waals surface area contributed by atoms with Crippen molar-refractivity contribution in [2.45, 2.75) is 25.8 Å². The molecular weight excluding hydrogens is 250 g/mol. The quantitative estimate of drug-likeness (QED) is 0.845. The first kappa shape index (κ1) is 12.9. The Morgan fingerprint density at radius 1 is 1.56 bits per heavy atom. The second kappa shape index (κ2) is 5.87. The summed E-state index contributed by atoms with van der Waals surface area (Å²) in [5.41, 5.74) is 1.42. The minimum atomic E-state index is -0.0849. The summed E-state index contributed by atoms with van der Waals surface area (Å²) in [5, 5.41) is 7.10. The number of amides is 1. The predicted molar refractivity (Wildman–Crippen MR) is 72.1 cm³/mol. The topological polar surface area (TPSA) is 46.4 Å². The number of pyridine rings is 1. The van der Waals surface area contributed by atoms with Gasteiger partial charge in [0.1, 0.15) is 0 Å². The average molecular weight is 266 g/mol. The molecule has 0 saturated carbocycles. The summed E-state index contributed by atoms with van der Waals surface area (Å²) in [5.74, 6) is 0.537. The van der Waals surface area contributed by atoms with Crippen molar-refractivity contribution in [3.8, 4) is 0 Å². The maximum absolute atomic E-state index is 12.1. The maximum atomic E-state index is 12.1. The van der Waals surface area contributed by atoms with E-state index < -0.39 is 0 Å². The Balaban J connectivity index is 2.09. The highest BCUT2D eigenvalue weighted by atomic mass is 35.5. The fourth-order valence-corrected chi connectivity index (χ4v) is 2.02. The van der Waals surface area contributed by atoms with Gasteiger partial charge < -0.3 is 5.32 Å². The number of halogens is 1. The second-order valence-corrected chi connectivity index (χ2v) is 4.67. The third kappa shape index (κ3) is 2.82. The van der Waals surface area contributed by atoms with Crippen molar-refractivity contribution in [1.82, 2.24) is 14.9 Å². The Kier molecular flexibility index (Phi) is 4.20. The molecule has 0 aliphatic carbocycles. The number of carbonyl (C=O) groups is 1. The zero-order valence-electron chi connectivity index (χ0n) is 10.3. The van der Waals surface area contributed by atoms with E-state index >= 15 is 0 Å². The highest BCUT2D eigenvalue weighted by Crippen LogP contribution is 2.10. The molecule has 96 valence electrons. The van der Waals surface area contributed by atoms with E-state index in [1.807, 2.05) is 31.3 Å². The van der Waals surface area contributed by atoms with Crippen molar-refractivity contribution in [3.63, 3.8) is 0 Å². The normalized spacial score (nSPS) is 12.6. The Bertz CT molecular complexity index is 538. The fraction of sp³-hybridized carbons (Fsp3) is 0.385. The van der Waals surface area contributed by atoms with E-state index in [1.165, 1.54) is 0 Å². The highest BCUT2D eigenvalue weighted by molar-refractivity contribution is 6.17. The molecule has 2 aromatic heterocycles. The van der Waals surface area contributed by atoms with Crippen molar-refractivity contribution < 1.29 is 4.79 Å². The van der Waals surface area contributed by atoms with Crippen LogP contribution in [0.2, 0.25) is 0 Å². The van der Waals surface area contributed by atoms with Gasteiger partial charge in [-0.15, -0.1) is 11.6 Å². The third-order valence-corrected chi connectivity index (χ3v) is 3.09. The summed E-state index contributed by atoms with van der Waals surface area (Å²) in [4.78, 5) is 12.1. The van der Waals surface area contributed by atoms with Crippen molar-refractivity contribution in [3.05, 3.63) is 36.2 Å². The van der Waals surface area contributed by atoms with Crippen LogP contribution >= 0.6 is 11.6 Å². The molecule has 1 unspecified atom stereocenters. The molecule has 0 aliphatic heterocycles. The van der Waals surface area contributed by atoms with Crippen molar-refractivity contribution in [2.75, 3.05) is 5.88 Å². The van der Waals surface area contributed by atoms with Gasteiger partial charge in [-0.25, -0.2) is 4.52 Å². The van der Waals surface area contributed by atoms with E-state index in [-0.39, 0.29) is 11.9 Å². The van der Waals surface area contributed by atoms with Crippen LogP contribution in [0.5, 0.6) is 0 Å². The lowest BCUT2D eigenvalue weighted by atomic mass is 10.1. The number of nitrogens with one attached hydrogen (secondary N) is 1. The van der Waals surface area contributed by atoms with Gasteiger partial charge in [-0.1, -0.05) is 6.07 Å². The van der Waals surface area contributed by atoms with Gasteiger partial charge in [0.25, 0.3) is 5.91 Å². The molecule has 4 nitrogen and oxygen atoms in total. The number of hydrogen-bond acceptors (Lipinski definition) is 2. The summed E-state index contributed by atoms with van der Waals surface area (Å²) in [6.07, 6.45) is 5.20. The minimum absolute atomic E-state index is 0.0849. The molecule has 5 heteroatoms. The van der Waals surface area contributed by atoms with Gasteiger partial charge in [-0.3, -0.25) is 4.79 Å². The summed E-state index contributed by atoms with van der Waals surface area (Å²) in [6, 6.07) is 5.77. The third-order valence-electron chi connectivity index (χ3n) is 2.82. The Hall–Kier alpha value is -1.55. The fourth-order valence-electron chi connectivity index (χ4n) is 1.87. The van der Waals surface area contributed by atoms with Gasteiger partial charge in [0.05, 0.1) is 17.3 Å². The van der Waals surface area contributed by atoms with E-state index in [9.17, 15) is 4.79 Å². The molecule has 0 saturated heterocycles. The van der Waals surface area contributed by atoms with Crippen molar-refractivity contribution in [2.24, 2.45) is 0 Å². The standard InChI is InChI=1S/C13H16ClN3O/c1-10(5-4-7-14)16-13(18)11-9-15-17-8-3-2-6-12(11)17/h2-3,6,8-10H,4-5,7H2,1H3,(H,16,18). The van der Waals surface area contributed by atoms with Gasteiger partial charge in [0.15, 0.2) is 0 Å². The number of hydrogen-bond donors (Lipinski definition) is 1. The number of aromatic nitrogens is 2. The van der Waals surface area contributed by atoms with Crippen LogP contribution in [0, 0.1) is 0 Å². The van der Waals surface area contributed by atoms with Gasteiger partial charge in [-0.05, 0) is 31.9 Å². The molecule has 1 N–H and O–H groups in total. The Labute approximate surface area is 111 Å². The van der Waals surface area contributed by atoms with Crippen LogP contribution in [0.15, 0.2) is 30.6 Å². The average Bonchev–Trinajstić information content (AvgIpc) is 2.80. The number of carbonyl (C=O) groups excluding carboxylic acids is 1. The molecule has 1 amide bonds. The first-order valence-corrected chi connectivity index (χ1v) is 6.55. The van der Waals surface area contributed by atoms with Crippen LogP contribution < -0.4 is 5.32 Å². The van der Waals surface area contributed by atoms with Crippen molar-refractivity contribution in [1.29, 1.82) is 0 Å². The van der Waals surface area contributed by atoms with Gasteiger partial charge in [0, 0.05) is 18.1 Å². The first-order chi connectivity index (χ1) is 8.72. The molecule has 0 fully saturated rings. The summed E-state index contributed by atoms with van der Waals surface area (Å²) in [6.45, 7) is 1.98. The van der Waals surface area contributed by atoms with E-state index in [0.717, 1.165) is 18.4 Å². The monoisotopic (exact) mass is 265 g/mol. The molecule has 0 aliphatic rings. The van der Waals surface area contributed by atoms with Crippen molar-refractivity contribution >= 4 is 23.0 Å². The van der Waals surface area contributed by atoms with E-state index in [0.29, 0.717) is 11.4 Å². The van der Waals surface area contributed by atoms with Crippen LogP contribution in [-0.2, 0) is 0 Å². The Morgan fingerprint density at radius 3 is 3.17 bits per heavy atom. The zero-order chi connectivity index (χ0) is 13.0. The number of nitrogens with zero attached hydrogens (tertiary/aromatic N) is 2. The first-order valence-electron chi connectivity index (χ1n) is 6.01. The molecule has 18 heavy (non-hydrogen) atoms. The lowest BCUT2D eigenvalue weighted by Gasteiger charge is -2.12. The molecule has 2 rings (SSSR count). The van der Waals surface area contributed by atoms with Crippen LogP contribution in [0.4, 0.5) is 0 Å². The zero-order valence-corrected chi connectivity index (χ0v) is 11.0. The van der Waals surface area contributed by atoms with Crippen LogP contribution in [0.1, 0.15) is 30.1 Å². The minimum Gasteiger partial charge on any atom is -0.349 e. The van der Waals surface area contributed by atoms with Crippen LogP contribution in [0.25, 0.3) is 5.52 Å². The second-order valence-electron chi connectivity index (χ2n) is 4.29. The SMILES string of the molecule is CC(CCCCl)NC(=O)c1cnn2ccccc12. The molecule has 2 aromatic rings. The smallest absolute Gasteiger partial charge is 0.255 e.